The topological polar surface area (TPSA) is 50.1 Å². The third-order valence-corrected chi connectivity index (χ3v) is 2.16. The maximum absolute atomic E-state index is 12.9. The van der Waals surface area contributed by atoms with E-state index < -0.39 is 0 Å². The molecule has 0 radical (unpaired) electrons. The van der Waals surface area contributed by atoms with Gasteiger partial charge in [0.2, 0.25) is 0 Å². The molecule has 4 N–H and O–H groups in total. The van der Waals surface area contributed by atoms with Gasteiger partial charge in [0, 0.05) is 11.6 Å². The number of benzene rings is 1. The van der Waals surface area contributed by atoms with Crippen molar-refractivity contribution < 1.29 is 4.39 Å². The van der Waals surface area contributed by atoms with Crippen LogP contribution in [0.1, 0.15) is 12.5 Å². The first-order valence-corrected chi connectivity index (χ1v) is 4.45. The number of hydrogen-bond donors (Lipinski definition) is 3. The van der Waals surface area contributed by atoms with E-state index in [1.165, 1.54) is 6.07 Å². The molecule has 1 heterocycles. The maximum Gasteiger partial charge on any atom is 0.146 e. The van der Waals surface area contributed by atoms with Gasteiger partial charge in [0.25, 0.3) is 0 Å². The smallest absolute Gasteiger partial charge is 0.146 e. The van der Waals surface area contributed by atoms with Crippen LogP contribution in [0.25, 0.3) is 5.70 Å². The highest BCUT2D eigenvalue weighted by Crippen LogP contribution is 2.19. The van der Waals surface area contributed by atoms with Crippen molar-refractivity contribution in [2.45, 2.75) is 13.0 Å². The summed E-state index contributed by atoms with van der Waals surface area (Å²) in [5.41, 5.74) is 13.5. The van der Waals surface area contributed by atoms with Gasteiger partial charge in [-0.2, -0.15) is 0 Å². The van der Waals surface area contributed by atoms with Crippen LogP contribution in [0.5, 0.6) is 0 Å². The van der Waals surface area contributed by atoms with Crippen molar-refractivity contribution in [3.63, 3.8) is 0 Å². The van der Waals surface area contributed by atoms with Crippen LogP contribution in [0.4, 0.5) is 10.1 Å². The van der Waals surface area contributed by atoms with Gasteiger partial charge in [0.05, 0.1) is 11.4 Å². The summed E-state index contributed by atoms with van der Waals surface area (Å²) in [5, 5.41) is 0. The second kappa shape index (κ2) is 3.31. The van der Waals surface area contributed by atoms with Crippen molar-refractivity contribution in [2.75, 3.05) is 5.73 Å². The molecule has 0 bridgehead atoms. The summed E-state index contributed by atoms with van der Waals surface area (Å²) >= 11 is 0. The minimum atomic E-state index is -0.381. The Morgan fingerprint density at radius 3 is 2.79 bits per heavy atom. The molecule has 0 amide bonds. The molecule has 0 saturated carbocycles. The van der Waals surface area contributed by atoms with E-state index in [-0.39, 0.29) is 17.5 Å². The molecule has 1 aliphatic rings. The molecule has 4 heteroatoms. The van der Waals surface area contributed by atoms with Crippen LogP contribution in [0.2, 0.25) is 0 Å². The first-order chi connectivity index (χ1) is 6.66. The van der Waals surface area contributed by atoms with Crippen LogP contribution < -0.4 is 16.6 Å². The summed E-state index contributed by atoms with van der Waals surface area (Å²) in [6, 6.07) is 4.96. The zero-order chi connectivity index (χ0) is 10.1. The highest BCUT2D eigenvalue weighted by atomic mass is 19.1. The molecule has 1 unspecified atom stereocenters. The van der Waals surface area contributed by atoms with Gasteiger partial charge in [-0.05, 0) is 31.2 Å². The highest BCUT2D eigenvalue weighted by Gasteiger charge is 2.12. The summed E-state index contributed by atoms with van der Waals surface area (Å²) in [5.74, 6) is -0.381. The number of nitrogens with one attached hydrogen (secondary N) is 2. The first kappa shape index (κ1) is 9.02. The fourth-order valence-electron chi connectivity index (χ4n) is 1.40. The Morgan fingerprint density at radius 1 is 1.43 bits per heavy atom. The van der Waals surface area contributed by atoms with Gasteiger partial charge in [0.15, 0.2) is 0 Å². The Kier molecular flexibility index (Phi) is 2.13. The number of rotatable bonds is 1. The fraction of sp³-hybridized carbons (Fsp3) is 0.200. The minimum Gasteiger partial charge on any atom is -0.396 e. The van der Waals surface area contributed by atoms with Crippen LogP contribution in [-0.2, 0) is 0 Å². The molecule has 0 spiro atoms. The van der Waals surface area contributed by atoms with Crippen LogP contribution in [0.3, 0.4) is 0 Å². The molecule has 1 aliphatic heterocycles. The van der Waals surface area contributed by atoms with Crippen molar-refractivity contribution in [3.05, 3.63) is 35.7 Å². The molecular weight excluding hydrogens is 181 g/mol. The van der Waals surface area contributed by atoms with Crippen molar-refractivity contribution >= 4 is 11.4 Å². The van der Waals surface area contributed by atoms with E-state index in [2.05, 4.69) is 10.9 Å². The van der Waals surface area contributed by atoms with Gasteiger partial charge < -0.3 is 11.2 Å². The first-order valence-electron chi connectivity index (χ1n) is 4.45. The Morgan fingerprint density at radius 2 is 2.21 bits per heavy atom. The van der Waals surface area contributed by atoms with E-state index in [0.717, 1.165) is 11.3 Å². The molecule has 0 fully saturated rings. The number of nitrogen functional groups attached to an aromatic ring is 1. The van der Waals surface area contributed by atoms with E-state index in [1.54, 1.807) is 12.1 Å². The molecule has 2 rings (SSSR count). The molecule has 0 aromatic heterocycles. The number of anilines is 1. The summed E-state index contributed by atoms with van der Waals surface area (Å²) in [4.78, 5) is 0. The van der Waals surface area contributed by atoms with Gasteiger partial charge in [-0.25, -0.2) is 9.82 Å². The quantitative estimate of drug-likeness (QED) is 0.588. The average Bonchev–Trinajstić information content (AvgIpc) is 2.57. The number of hydrazine groups is 1. The van der Waals surface area contributed by atoms with Crippen LogP contribution in [0, 0.1) is 5.82 Å². The van der Waals surface area contributed by atoms with E-state index in [0.29, 0.717) is 0 Å². The van der Waals surface area contributed by atoms with Gasteiger partial charge in [-0.15, -0.1) is 0 Å². The van der Waals surface area contributed by atoms with Crippen molar-refractivity contribution in [1.82, 2.24) is 10.9 Å². The van der Waals surface area contributed by atoms with Gasteiger partial charge in [-0.1, -0.05) is 0 Å². The van der Waals surface area contributed by atoms with Crippen LogP contribution >= 0.6 is 0 Å². The molecule has 0 saturated heterocycles. The number of nitrogens with two attached hydrogens (primary N) is 1. The second-order valence-electron chi connectivity index (χ2n) is 3.37. The summed E-state index contributed by atoms with van der Waals surface area (Å²) < 4.78 is 12.9. The summed E-state index contributed by atoms with van der Waals surface area (Å²) in [7, 11) is 0. The summed E-state index contributed by atoms with van der Waals surface area (Å²) in [6.45, 7) is 2.02. The minimum absolute atomic E-state index is 0.171. The lowest BCUT2D eigenvalue weighted by Crippen LogP contribution is -2.29. The van der Waals surface area contributed by atoms with Crippen molar-refractivity contribution in [1.29, 1.82) is 0 Å². The zero-order valence-corrected chi connectivity index (χ0v) is 7.84. The van der Waals surface area contributed by atoms with Gasteiger partial charge >= 0.3 is 0 Å². The van der Waals surface area contributed by atoms with E-state index in [4.69, 9.17) is 5.73 Å². The van der Waals surface area contributed by atoms with Crippen LogP contribution in [0.15, 0.2) is 24.3 Å². The fourth-order valence-corrected chi connectivity index (χ4v) is 1.40. The molecule has 1 aromatic rings. The molecule has 3 nitrogen and oxygen atoms in total. The molecule has 0 aliphatic carbocycles. The third-order valence-electron chi connectivity index (χ3n) is 2.16. The van der Waals surface area contributed by atoms with Crippen molar-refractivity contribution in [3.8, 4) is 0 Å². The Labute approximate surface area is 81.8 Å². The third kappa shape index (κ3) is 1.56. The summed E-state index contributed by atoms with van der Waals surface area (Å²) in [6.07, 6.45) is 2.02. The Hall–Kier alpha value is -1.55. The Bertz CT molecular complexity index is 387. The molecule has 74 valence electrons. The van der Waals surface area contributed by atoms with Crippen LogP contribution in [-0.4, -0.2) is 6.04 Å². The molecule has 1 aromatic carbocycles. The van der Waals surface area contributed by atoms with E-state index in [9.17, 15) is 4.39 Å². The lowest BCUT2D eigenvalue weighted by Gasteiger charge is -2.05. The standard InChI is InChI=1S/C10H12FN3/c1-6-4-10(14-13-6)7-2-3-8(11)9(12)5-7/h2-6,13-14H,12H2,1H3. The highest BCUT2D eigenvalue weighted by molar-refractivity contribution is 5.68. The Balaban J connectivity index is 2.34. The van der Waals surface area contributed by atoms with Crippen molar-refractivity contribution in [2.24, 2.45) is 0 Å². The van der Waals surface area contributed by atoms with Gasteiger partial charge in [0.1, 0.15) is 5.82 Å². The van der Waals surface area contributed by atoms with E-state index >= 15 is 0 Å². The lowest BCUT2D eigenvalue weighted by molar-refractivity contribution is 0.626. The predicted octanol–water partition coefficient (Wildman–Crippen LogP) is 1.25. The van der Waals surface area contributed by atoms with E-state index in [1.807, 2.05) is 13.0 Å². The molecule has 14 heavy (non-hydrogen) atoms. The number of hydrogen-bond acceptors (Lipinski definition) is 3. The molecular formula is C10H12FN3. The van der Waals surface area contributed by atoms with Gasteiger partial charge in [-0.3, -0.25) is 0 Å². The normalized spacial score (nSPS) is 20.4. The maximum atomic E-state index is 12.9. The number of halogens is 1. The zero-order valence-electron chi connectivity index (χ0n) is 7.84. The predicted molar refractivity (Wildman–Crippen MR) is 54.5 cm³/mol. The monoisotopic (exact) mass is 193 g/mol. The average molecular weight is 193 g/mol. The SMILES string of the molecule is CC1C=C(c2ccc(F)c(N)c2)NN1. The largest absolute Gasteiger partial charge is 0.396 e. The lowest BCUT2D eigenvalue weighted by atomic mass is 10.1. The molecule has 1 atom stereocenters. The second-order valence-corrected chi connectivity index (χ2v) is 3.37.